The molecule has 0 bridgehead atoms. The number of thioether (sulfide) groups is 1. The highest BCUT2D eigenvalue weighted by Crippen LogP contribution is 2.38. The van der Waals surface area contributed by atoms with Crippen LogP contribution in [0.5, 0.6) is 17.2 Å². The highest BCUT2D eigenvalue weighted by Gasteiger charge is 2.27. The number of ether oxygens (including phenoxy) is 3. The highest BCUT2D eigenvalue weighted by atomic mass is 32.2. The summed E-state index contributed by atoms with van der Waals surface area (Å²) >= 11 is 1.42. The van der Waals surface area contributed by atoms with Gasteiger partial charge in [0, 0.05) is 30.6 Å². The Morgan fingerprint density at radius 1 is 1.25 bits per heavy atom. The molecule has 9 heteroatoms. The van der Waals surface area contributed by atoms with Crippen LogP contribution in [0, 0.1) is 12.8 Å². The van der Waals surface area contributed by atoms with Crippen LogP contribution in [-0.4, -0.2) is 42.5 Å². The monoisotopic (exact) mass is 405 g/mol. The third kappa shape index (κ3) is 3.94. The first-order valence-electron chi connectivity index (χ1n) is 8.74. The number of hydrogen-bond acceptors (Lipinski definition) is 7. The Balaban J connectivity index is 1.71. The molecule has 28 heavy (non-hydrogen) atoms. The van der Waals surface area contributed by atoms with Gasteiger partial charge in [0.2, 0.25) is 11.7 Å². The molecule has 1 atom stereocenters. The van der Waals surface area contributed by atoms with Crippen molar-refractivity contribution in [3.05, 3.63) is 39.8 Å². The van der Waals surface area contributed by atoms with Crippen LogP contribution >= 0.6 is 11.8 Å². The molecule has 0 fully saturated rings. The van der Waals surface area contributed by atoms with Crippen LogP contribution in [0.3, 0.4) is 0 Å². The van der Waals surface area contributed by atoms with E-state index in [4.69, 9.17) is 14.2 Å². The lowest BCUT2D eigenvalue weighted by Crippen LogP contribution is -2.40. The SMILES string of the molecule is COc1cc(CNC(=O)[C@H]2CSc3ncc(C)c(=O)n3C2)cc(OC)c1OC. The zero-order valence-electron chi connectivity index (χ0n) is 16.3. The first-order chi connectivity index (χ1) is 13.5. The number of nitrogens with zero attached hydrogens (tertiary/aromatic N) is 2. The second-order valence-electron chi connectivity index (χ2n) is 6.40. The Bertz CT molecular complexity index is 919. The number of carbonyl (C=O) groups excluding carboxylic acids is 1. The zero-order valence-corrected chi connectivity index (χ0v) is 17.1. The van der Waals surface area contributed by atoms with Crippen molar-refractivity contribution in [2.24, 2.45) is 5.92 Å². The van der Waals surface area contributed by atoms with Crippen LogP contribution in [-0.2, 0) is 17.9 Å². The zero-order chi connectivity index (χ0) is 20.3. The van der Waals surface area contributed by atoms with E-state index in [0.29, 0.717) is 46.8 Å². The predicted octanol–water partition coefficient (Wildman–Crippen LogP) is 1.62. The lowest BCUT2D eigenvalue weighted by Gasteiger charge is -2.24. The molecule has 0 aliphatic carbocycles. The van der Waals surface area contributed by atoms with Gasteiger partial charge in [-0.2, -0.15) is 0 Å². The minimum absolute atomic E-state index is 0.0976. The number of rotatable bonds is 6. The van der Waals surface area contributed by atoms with Gasteiger partial charge in [0.25, 0.3) is 5.56 Å². The van der Waals surface area contributed by atoms with Gasteiger partial charge in [-0.3, -0.25) is 14.2 Å². The molecular formula is C19H23N3O5S. The van der Waals surface area contributed by atoms with Gasteiger partial charge in [-0.15, -0.1) is 0 Å². The fraction of sp³-hybridized carbons (Fsp3) is 0.421. The Morgan fingerprint density at radius 3 is 2.54 bits per heavy atom. The summed E-state index contributed by atoms with van der Waals surface area (Å²) in [7, 11) is 4.63. The van der Waals surface area contributed by atoms with Gasteiger partial charge in [0.15, 0.2) is 16.7 Å². The topological polar surface area (TPSA) is 91.7 Å². The minimum Gasteiger partial charge on any atom is -0.493 e. The summed E-state index contributed by atoms with van der Waals surface area (Å²) in [5.41, 5.74) is 1.30. The van der Waals surface area contributed by atoms with Crippen LogP contribution < -0.4 is 25.1 Å². The number of amides is 1. The second-order valence-corrected chi connectivity index (χ2v) is 7.39. The van der Waals surface area contributed by atoms with Gasteiger partial charge >= 0.3 is 0 Å². The summed E-state index contributed by atoms with van der Waals surface area (Å²) in [4.78, 5) is 29.2. The van der Waals surface area contributed by atoms with Crippen molar-refractivity contribution in [1.29, 1.82) is 0 Å². The molecule has 0 saturated heterocycles. The molecule has 0 saturated carbocycles. The third-order valence-corrected chi connectivity index (χ3v) is 5.71. The summed E-state index contributed by atoms with van der Waals surface area (Å²) in [6.45, 7) is 2.36. The van der Waals surface area contributed by atoms with E-state index in [-0.39, 0.29) is 17.4 Å². The molecule has 0 spiro atoms. The van der Waals surface area contributed by atoms with Gasteiger partial charge < -0.3 is 19.5 Å². The summed E-state index contributed by atoms with van der Waals surface area (Å²) in [6, 6.07) is 3.59. The van der Waals surface area contributed by atoms with Crippen molar-refractivity contribution >= 4 is 17.7 Å². The van der Waals surface area contributed by atoms with Gasteiger partial charge in [0.05, 0.1) is 27.2 Å². The molecule has 1 aliphatic rings. The maximum atomic E-state index is 12.7. The van der Waals surface area contributed by atoms with Crippen LogP contribution in [0.2, 0.25) is 0 Å². The normalized spacial score (nSPS) is 15.5. The Labute approximate surface area is 167 Å². The molecule has 1 aromatic carbocycles. The number of benzene rings is 1. The van der Waals surface area contributed by atoms with Crippen molar-refractivity contribution in [3.8, 4) is 17.2 Å². The number of hydrogen-bond donors (Lipinski definition) is 1. The van der Waals surface area contributed by atoms with Crippen LogP contribution in [0.4, 0.5) is 0 Å². The fourth-order valence-corrected chi connectivity index (χ4v) is 4.08. The molecule has 0 unspecified atom stereocenters. The number of carbonyl (C=O) groups is 1. The van der Waals surface area contributed by atoms with Crippen molar-refractivity contribution in [3.63, 3.8) is 0 Å². The number of methoxy groups -OCH3 is 3. The second kappa shape index (κ2) is 8.55. The first kappa shape index (κ1) is 20.1. The molecule has 8 nitrogen and oxygen atoms in total. The molecule has 0 radical (unpaired) electrons. The standard InChI is InChI=1S/C19H23N3O5S/c1-11-7-21-19-22(18(11)24)9-13(10-28-19)17(23)20-8-12-5-14(25-2)16(27-4)15(6-12)26-3/h5-7,13H,8-10H2,1-4H3,(H,20,23)/t13-/m1/s1. The van der Waals surface area contributed by atoms with E-state index in [0.717, 1.165) is 5.56 Å². The summed E-state index contributed by atoms with van der Waals surface area (Å²) in [5.74, 6) is 1.72. The molecule has 1 amide bonds. The Kier molecular flexibility index (Phi) is 6.13. The molecule has 1 aliphatic heterocycles. The summed E-state index contributed by atoms with van der Waals surface area (Å²) < 4.78 is 17.6. The lowest BCUT2D eigenvalue weighted by molar-refractivity contribution is -0.125. The quantitative estimate of drug-likeness (QED) is 0.730. The highest BCUT2D eigenvalue weighted by molar-refractivity contribution is 7.99. The number of fused-ring (bicyclic) bond motifs is 1. The largest absolute Gasteiger partial charge is 0.493 e. The number of aromatic nitrogens is 2. The van der Waals surface area contributed by atoms with Gasteiger partial charge in [-0.05, 0) is 24.6 Å². The van der Waals surface area contributed by atoms with Crippen LogP contribution in [0.15, 0.2) is 28.3 Å². The van der Waals surface area contributed by atoms with Crippen LogP contribution in [0.1, 0.15) is 11.1 Å². The summed E-state index contributed by atoms with van der Waals surface area (Å²) in [5, 5.41) is 3.59. The molecule has 1 N–H and O–H groups in total. The van der Waals surface area contributed by atoms with Crippen molar-refractivity contribution in [2.75, 3.05) is 27.1 Å². The van der Waals surface area contributed by atoms with Crippen LogP contribution in [0.25, 0.3) is 0 Å². The molecule has 2 aromatic rings. The third-order valence-electron chi connectivity index (χ3n) is 4.56. The summed E-state index contributed by atoms with van der Waals surface area (Å²) in [6.07, 6.45) is 1.58. The number of nitrogens with one attached hydrogen (secondary N) is 1. The van der Waals surface area contributed by atoms with Gasteiger partial charge in [-0.1, -0.05) is 11.8 Å². The van der Waals surface area contributed by atoms with E-state index in [1.165, 1.54) is 11.8 Å². The molecule has 2 heterocycles. The maximum absolute atomic E-state index is 12.7. The van der Waals surface area contributed by atoms with E-state index in [2.05, 4.69) is 10.3 Å². The average Bonchev–Trinajstić information content (AvgIpc) is 2.73. The van der Waals surface area contributed by atoms with Gasteiger partial charge in [-0.25, -0.2) is 4.98 Å². The molecule has 1 aromatic heterocycles. The van der Waals surface area contributed by atoms with E-state index in [9.17, 15) is 9.59 Å². The Hall–Kier alpha value is -2.68. The van der Waals surface area contributed by atoms with E-state index in [1.807, 2.05) is 0 Å². The van der Waals surface area contributed by atoms with E-state index < -0.39 is 0 Å². The smallest absolute Gasteiger partial charge is 0.257 e. The van der Waals surface area contributed by atoms with Crippen molar-refractivity contribution in [2.45, 2.75) is 25.2 Å². The molecule has 3 rings (SSSR count). The molecular weight excluding hydrogens is 382 g/mol. The van der Waals surface area contributed by atoms with Gasteiger partial charge in [0.1, 0.15) is 0 Å². The average molecular weight is 405 g/mol. The van der Waals surface area contributed by atoms with E-state index >= 15 is 0 Å². The number of aryl methyl sites for hydroxylation is 1. The molecule has 150 valence electrons. The first-order valence-corrected chi connectivity index (χ1v) is 9.72. The van der Waals surface area contributed by atoms with E-state index in [1.54, 1.807) is 51.1 Å². The maximum Gasteiger partial charge on any atom is 0.257 e. The lowest BCUT2D eigenvalue weighted by atomic mass is 10.1. The minimum atomic E-state index is -0.305. The van der Waals surface area contributed by atoms with Crippen molar-refractivity contribution < 1.29 is 19.0 Å². The Morgan fingerprint density at radius 2 is 1.93 bits per heavy atom. The van der Waals surface area contributed by atoms with Crippen molar-refractivity contribution in [1.82, 2.24) is 14.9 Å². The fourth-order valence-electron chi connectivity index (χ4n) is 3.03. The predicted molar refractivity (Wildman–Crippen MR) is 105 cm³/mol.